The van der Waals surface area contributed by atoms with Gasteiger partial charge in [0.05, 0.1) is 13.7 Å². The molecular formula is C16H17N5O3. The average Bonchev–Trinajstić information content (AvgIpc) is 3.09. The molecule has 24 heavy (non-hydrogen) atoms. The number of aliphatic hydroxyl groups is 1. The van der Waals surface area contributed by atoms with Crippen molar-refractivity contribution >= 4 is 0 Å². The summed E-state index contributed by atoms with van der Waals surface area (Å²) < 4.78 is 10.6. The third-order valence-corrected chi connectivity index (χ3v) is 3.25. The molecule has 0 aliphatic rings. The second-order valence-corrected chi connectivity index (χ2v) is 5.05. The molecule has 0 saturated heterocycles. The van der Waals surface area contributed by atoms with Gasteiger partial charge in [0.1, 0.15) is 24.2 Å². The van der Waals surface area contributed by atoms with Crippen molar-refractivity contribution in [3.63, 3.8) is 0 Å². The molecule has 1 atom stereocenters. The van der Waals surface area contributed by atoms with Gasteiger partial charge in [0.25, 0.3) is 0 Å². The molecule has 0 aliphatic carbocycles. The first-order valence-corrected chi connectivity index (χ1v) is 7.38. The lowest BCUT2D eigenvalue weighted by molar-refractivity contribution is 0.0849. The molecule has 0 bridgehead atoms. The van der Waals surface area contributed by atoms with Crippen LogP contribution in [0.5, 0.6) is 11.5 Å². The largest absolute Gasteiger partial charge is 0.497 e. The first kappa shape index (κ1) is 15.9. The first-order valence-electron chi connectivity index (χ1n) is 7.38. The van der Waals surface area contributed by atoms with E-state index in [-0.39, 0.29) is 13.2 Å². The number of methoxy groups -OCH3 is 1. The molecule has 0 aliphatic heterocycles. The number of aromatic nitrogens is 5. The van der Waals surface area contributed by atoms with Crippen molar-refractivity contribution in [2.75, 3.05) is 13.7 Å². The summed E-state index contributed by atoms with van der Waals surface area (Å²) in [4.78, 5) is 5.35. The molecule has 2 aromatic heterocycles. The number of hydrogen-bond acceptors (Lipinski definition) is 7. The zero-order valence-electron chi connectivity index (χ0n) is 13.1. The van der Waals surface area contributed by atoms with Crippen molar-refractivity contribution in [2.24, 2.45) is 0 Å². The Morgan fingerprint density at radius 2 is 1.96 bits per heavy atom. The maximum atomic E-state index is 10.1. The van der Waals surface area contributed by atoms with Crippen LogP contribution in [0, 0.1) is 0 Å². The van der Waals surface area contributed by atoms with Crippen molar-refractivity contribution in [1.29, 1.82) is 0 Å². The van der Waals surface area contributed by atoms with Crippen LogP contribution >= 0.6 is 0 Å². The lowest BCUT2D eigenvalue weighted by Gasteiger charge is -2.11. The quantitative estimate of drug-likeness (QED) is 0.696. The maximum absolute atomic E-state index is 10.1. The van der Waals surface area contributed by atoms with E-state index < -0.39 is 6.10 Å². The zero-order chi connectivity index (χ0) is 16.8. The lowest BCUT2D eigenvalue weighted by atomic mass is 10.3. The van der Waals surface area contributed by atoms with E-state index in [1.165, 1.54) is 4.80 Å². The molecule has 1 N–H and O–H groups in total. The number of pyridine rings is 1. The molecule has 1 aromatic carbocycles. The second-order valence-electron chi connectivity index (χ2n) is 5.05. The van der Waals surface area contributed by atoms with E-state index in [2.05, 4.69) is 20.4 Å². The van der Waals surface area contributed by atoms with E-state index in [0.717, 1.165) is 11.3 Å². The number of nitrogens with zero attached hydrogens (tertiary/aromatic N) is 5. The highest BCUT2D eigenvalue weighted by molar-refractivity contribution is 5.51. The summed E-state index contributed by atoms with van der Waals surface area (Å²) in [6.07, 6.45) is 2.57. The summed E-state index contributed by atoms with van der Waals surface area (Å²) in [6.45, 7) is 0.305. The number of rotatable bonds is 7. The molecule has 2 heterocycles. The molecule has 0 spiro atoms. The Balaban J connectivity index is 1.53. The fraction of sp³-hybridized carbons (Fsp3) is 0.250. The minimum Gasteiger partial charge on any atom is -0.497 e. The maximum Gasteiger partial charge on any atom is 0.206 e. The van der Waals surface area contributed by atoms with Crippen LogP contribution in [0.15, 0.2) is 48.8 Å². The summed E-state index contributed by atoms with van der Waals surface area (Å²) in [5, 5.41) is 22.2. The standard InChI is InChI=1S/C16H17N5O3/c1-23-14-4-6-15(7-5-14)24-11-13(22)10-21-19-16(18-20-21)12-3-2-8-17-9-12/h2-9,13,22H,10-11H2,1H3/t13-/m0/s1. The smallest absolute Gasteiger partial charge is 0.206 e. The van der Waals surface area contributed by atoms with Crippen LogP contribution in [0.1, 0.15) is 0 Å². The summed E-state index contributed by atoms with van der Waals surface area (Å²) in [5.74, 6) is 1.86. The van der Waals surface area contributed by atoms with Crippen LogP contribution in [0.2, 0.25) is 0 Å². The van der Waals surface area contributed by atoms with Gasteiger partial charge in [0.15, 0.2) is 0 Å². The van der Waals surface area contributed by atoms with Crippen LogP contribution in [0.4, 0.5) is 0 Å². The van der Waals surface area contributed by atoms with Crippen LogP contribution in [0.25, 0.3) is 11.4 Å². The van der Waals surface area contributed by atoms with Crippen molar-refractivity contribution in [3.05, 3.63) is 48.8 Å². The van der Waals surface area contributed by atoms with E-state index in [9.17, 15) is 5.11 Å². The highest BCUT2D eigenvalue weighted by Crippen LogP contribution is 2.17. The van der Waals surface area contributed by atoms with Crippen molar-refractivity contribution in [3.8, 4) is 22.9 Å². The third kappa shape index (κ3) is 4.05. The summed E-state index contributed by atoms with van der Waals surface area (Å²) in [6, 6.07) is 10.8. The molecule has 3 aromatic rings. The van der Waals surface area contributed by atoms with Crippen LogP contribution in [-0.2, 0) is 6.54 Å². The van der Waals surface area contributed by atoms with Gasteiger partial charge in [-0.15, -0.1) is 10.2 Å². The first-order chi connectivity index (χ1) is 11.7. The Morgan fingerprint density at radius 3 is 2.67 bits per heavy atom. The Morgan fingerprint density at radius 1 is 1.17 bits per heavy atom. The van der Waals surface area contributed by atoms with Gasteiger partial charge in [-0.1, -0.05) is 0 Å². The molecular weight excluding hydrogens is 310 g/mol. The third-order valence-electron chi connectivity index (χ3n) is 3.25. The molecule has 3 rings (SSSR count). The number of ether oxygens (including phenoxy) is 2. The summed E-state index contributed by atoms with van der Waals surface area (Å²) in [5.41, 5.74) is 0.771. The van der Waals surface area contributed by atoms with E-state index in [1.807, 2.05) is 6.07 Å². The number of tetrazole rings is 1. The van der Waals surface area contributed by atoms with E-state index >= 15 is 0 Å². The van der Waals surface area contributed by atoms with Gasteiger partial charge >= 0.3 is 0 Å². The van der Waals surface area contributed by atoms with Gasteiger partial charge in [-0.25, -0.2) is 0 Å². The molecule has 0 saturated carbocycles. The van der Waals surface area contributed by atoms with Crippen LogP contribution in [-0.4, -0.2) is 50.1 Å². The zero-order valence-corrected chi connectivity index (χ0v) is 13.1. The summed E-state index contributed by atoms with van der Waals surface area (Å²) in [7, 11) is 1.60. The van der Waals surface area contributed by atoms with Crippen molar-refractivity contribution in [2.45, 2.75) is 12.6 Å². The Hall–Kier alpha value is -3.00. The van der Waals surface area contributed by atoms with E-state index in [0.29, 0.717) is 11.6 Å². The SMILES string of the molecule is COc1ccc(OC[C@@H](O)Cn2nnc(-c3cccnc3)n2)cc1. The summed E-state index contributed by atoms with van der Waals surface area (Å²) >= 11 is 0. The van der Waals surface area contributed by atoms with Gasteiger partial charge in [0, 0.05) is 18.0 Å². The van der Waals surface area contributed by atoms with Gasteiger partial charge < -0.3 is 14.6 Å². The van der Waals surface area contributed by atoms with Gasteiger partial charge in [-0.2, -0.15) is 4.80 Å². The Bertz CT molecular complexity index is 761. The molecule has 8 nitrogen and oxygen atoms in total. The normalized spacial score (nSPS) is 11.9. The fourth-order valence-electron chi connectivity index (χ4n) is 2.04. The van der Waals surface area contributed by atoms with E-state index in [4.69, 9.17) is 9.47 Å². The minimum absolute atomic E-state index is 0.121. The molecule has 8 heteroatoms. The Kier molecular flexibility index (Phi) is 4.97. The molecule has 0 unspecified atom stereocenters. The minimum atomic E-state index is -0.761. The van der Waals surface area contributed by atoms with Crippen LogP contribution < -0.4 is 9.47 Å². The molecule has 124 valence electrons. The lowest BCUT2D eigenvalue weighted by Crippen LogP contribution is -2.24. The monoisotopic (exact) mass is 327 g/mol. The van der Waals surface area contributed by atoms with Gasteiger partial charge in [0.2, 0.25) is 5.82 Å². The van der Waals surface area contributed by atoms with E-state index in [1.54, 1.807) is 49.8 Å². The predicted octanol–water partition coefficient (Wildman–Crippen LogP) is 1.18. The van der Waals surface area contributed by atoms with Crippen molar-refractivity contribution < 1.29 is 14.6 Å². The van der Waals surface area contributed by atoms with Crippen LogP contribution in [0.3, 0.4) is 0 Å². The average molecular weight is 327 g/mol. The number of aliphatic hydroxyl groups excluding tert-OH is 1. The van der Waals surface area contributed by atoms with Gasteiger partial charge in [-0.3, -0.25) is 4.98 Å². The molecule has 0 fully saturated rings. The van der Waals surface area contributed by atoms with Gasteiger partial charge in [-0.05, 0) is 41.6 Å². The Labute approximate surface area is 138 Å². The fourth-order valence-corrected chi connectivity index (χ4v) is 2.04. The topological polar surface area (TPSA) is 95.2 Å². The molecule has 0 amide bonds. The highest BCUT2D eigenvalue weighted by atomic mass is 16.5. The predicted molar refractivity (Wildman–Crippen MR) is 85.5 cm³/mol. The number of benzene rings is 1. The number of hydrogen-bond donors (Lipinski definition) is 1. The molecule has 0 radical (unpaired) electrons. The van der Waals surface area contributed by atoms with Crippen molar-refractivity contribution in [1.82, 2.24) is 25.2 Å². The highest BCUT2D eigenvalue weighted by Gasteiger charge is 2.11. The second kappa shape index (κ2) is 7.51.